The van der Waals surface area contributed by atoms with Crippen LogP contribution in [-0.2, 0) is 6.42 Å². The first kappa shape index (κ1) is 11.3. The van der Waals surface area contributed by atoms with Crippen LogP contribution in [0.25, 0.3) is 11.3 Å². The van der Waals surface area contributed by atoms with Crippen molar-refractivity contribution in [3.05, 3.63) is 41.7 Å². The van der Waals surface area contributed by atoms with E-state index in [0.29, 0.717) is 0 Å². The summed E-state index contributed by atoms with van der Waals surface area (Å²) in [5, 5.41) is 0. The van der Waals surface area contributed by atoms with Gasteiger partial charge in [-0.05, 0) is 37.3 Å². The molecule has 0 atom stereocenters. The molecular formula is C14H16OS. The second kappa shape index (κ2) is 4.79. The second-order valence-electron chi connectivity index (χ2n) is 3.77. The lowest BCUT2D eigenvalue weighted by Gasteiger charge is -2.05. The summed E-state index contributed by atoms with van der Waals surface area (Å²) in [5.41, 5.74) is 2.50. The molecule has 1 heterocycles. The molecule has 0 radical (unpaired) electrons. The van der Waals surface area contributed by atoms with E-state index in [9.17, 15) is 0 Å². The molecule has 1 aromatic heterocycles. The van der Waals surface area contributed by atoms with Crippen molar-refractivity contribution in [1.82, 2.24) is 0 Å². The zero-order chi connectivity index (χ0) is 11.5. The Morgan fingerprint density at radius 3 is 2.69 bits per heavy atom. The van der Waals surface area contributed by atoms with E-state index >= 15 is 0 Å². The third-order valence-electron chi connectivity index (χ3n) is 2.66. The third kappa shape index (κ3) is 2.03. The van der Waals surface area contributed by atoms with Crippen LogP contribution in [0.2, 0.25) is 0 Å². The molecule has 0 N–H and O–H groups in total. The van der Waals surface area contributed by atoms with Crippen molar-refractivity contribution >= 4 is 11.8 Å². The molecule has 2 rings (SSSR count). The van der Waals surface area contributed by atoms with Gasteiger partial charge in [0, 0.05) is 10.5 Å². The molecule has 0 unspecified atom stereocenters. The van der Waals surface area contributed by atoms with Gasteiger partial charge in [-0.3, -0.25) is 0 Å². The van der Waals surface area contributed by atoms with E-state index < -0.39 is 0 Å². The molecular weight excluding hydrogens is 216 g/mol. The number of hydrogen-bond acceptors (Lipinski definition) is 2. The molecule has 0 amide bonds. The van der Waals surface area contributed by atoms with Crippen LogP contribution in [0.4, 0.5) is 0 Å². The molecule has 16 heavy (non-hydrogen) atoms. The van der Waals surface area contributed by atoms with Crippen molar-refractivity contribution in [2.24, 2.45) is 0 Å². The predicted molar refractivity (Wildman–Crippen MR) is 70.0 cm³/mol. The van der Waals surface area contributed by atoms with Gasteiger partial charge >= 0.3 is 0 Å². The summed E-state index contributed by atoms with van der Waals surface area (Å²) in [4.78, 5) is 1.27. The largest absolute Gasteiger partial charge is 0.461 e. The molecule has 1 aromatic carbocycles. The average Bonchev–Trinajstić information content (AvgIpc) is 2.70. The highest BCUT2D eigenvalue weighted by Gasteiger charge is 2.12. The summed E-state index contributed by atoms with van der Waals surface area (Å²) >= 11 is 1.76. The van der Waals surface area contributed by atoms with Crippen LogP contribution in [0.15, 0.2) is 39.6 Å². The number of benzene rings is 1. The van der Waals surface area contributed by atoms with Crippen LogP contribution in [0.3, 0.4) is 0 Å². The standard InChI is InChI=1S/C14H16OS/c1-4-11-9-10(2)15-14(11)12-7-5-6-8-13(12)16-3/h5-9H,4H2,1-3H3. The minimum atomic E-state index is 0.989. The molecule has 0 aliphatic rings. The Morgan fingerprint density at radius 2 is 2.00 bits per heavy atom. The van der Waals surface area contributed by atoms with E-state index in [-0.39, 0.29) is 0 Å². The lowest BCUT2D eigenvalue weighted by molar-refractivity contribution is 0.545. The van der Waals surface area contributed by atoms with Gasteiger partial charge in [-0.1, -0.05) is 25.1 Å². The van der Waals surface area contributed by atoms with E-state index in [1.165, 1.54) is 16.0 Å². The van der Waals surface area contributed by atoms with Crippen LogP contribution in [0, 0.1) is 6.92 Å². The topological polar surface area (TPSA) is 13.1 Å². The van der Waals surface area contributed by atoms with Gasteiger partial charge in [-0.2, -0.15) is 0 Å². The van der Waals surface area contributed by atoms with E-state index in [0.717, 1.165) is 17.9 Å². The fourth-order valence-corrected chi connectivity index (χ4v) is 2.49. The summed E-state index contributed by atoms with van der Waals surface area (Å²) < 4.78 is 5.82. The van der Waals surface area contributed by atoms with Crippen LogP contribution in [0.1, 0.15) is 18.2 Å². The van der Waals surface area contributed by atoms with Gasteiger partial charge in [0.15, 0.2) is 0 Å². The Labute approximate surface area is 101 Å². The lowest BCUT2D eigenvalue weighted by atomic mass is 10.1. The number of rotatable bonds is 3. The monoisotopic (exact) mass is 232 g/mol. The Morgan fingerprint density at radius 1 is 1.25 bits per heavy atom. The first-order valence-corrected chi connectivity index (χ1v) is 6.71. The van der Waals surface area contributed by atoms with E-state index in [2.05, 4.69) is 43.5 Å². The fraction of sp³-hybridized carbons (Fsp3) is 0.286. The lowest BCUT2D eigenvalue weighted by Crippen LogP contribution is -1.84. The number of hydrogen-bond donors (Lipinski definition) is 0. The van der Waals surface area contributed by atoms with Crippen molar-refractivity contribution in [1.29, 1.82) is 0 Å². The summed E-state index contributed by atoms with van der Waals surface area (Å²) in [7, 11) is 0. The molecule has 2 aromatic rings. The number of furan rings is 1. The third-order valence-corrected chi connectivity index (χ3v) is 3.46. The highest BCUT2D eigenvalue weighted by Crippen LogP contribution is 2.34. The Kier molecular flexibility index (Phi) is 3.39. The zero-order valence-electron chi connectivity index (χ0n) is 9.91. The average molecular weight is 232 g/mol. The quantitative estimate of drug-likeness (QED) is 0.721. The van der Waals surface area contributed by atoms with Crippen molar-refractivity contribution in [3.8, 4) is 11.3 Å². The summed E-state index contributed by atoms with van der Waals surface area (Å²) in [6, 6.07) is 10.5. The smallest absolute Gasteiger partial charge is 0.138 e. The Bertz CT molecular complexity index is 485. The molecule has 0 aliphatic heterocycles. The highest BCUT2D eigenvalue weighted by atomic mass is 32.2. The Balaban J connectivity index is 2.57. The van der Waals surface area contributed by atoms with E-state index in [1.807, 2.05) is 6.92 Å². The van der Waals surface area contributed by atoms with Crippen LogP contribution in [0.5, 0.6) is 0 Å². The molecule has 1 nitrogen and oxygen atoms in total. The molecule has 2 heteroatoms. The summed E-state index contributed by atoms with van der Waals surface area (Å²) in [6.45, 7) is 4.17. The molecule has 0 aliphatic carbocycles. The van der Waals surface area contributed by atoms with E-state index in [1.54, 1.807) is 11.8 Å². The van der Waals surface area contributed by atoms with Gasteiger partial charge in [0.25, 0.3) is 0 Å². The molecule has 0 fully saturated rings. The minimum Gasteiger partial charge on any atom is -0.461 e. The maximum absolute atomic E-state index is 5.82. The fourth-order valence-electron chi connectivity index (χ4n) is 1.89. The van der Waals surface area contributed by atoms with Crippen molar-refractivity contribution in [3.63, 3.8) is 0 Å². The van der Waals surface area contributed by atoms with Gasteiger partial charge in [-0.25, -0.2) is 0 Å². The minimum absolute atomic E-state index is 0.989. The van der Waals surface area contributed by atoms with Gasteiger partial charge in [-0.15, -0.1) is 11.8 Å². The van der Waals surface area contributed by atoms with Gasteiger partial charge in [0.2, 0.25) is 0 Å². The second-order valence-corrected chi connectivity index (χ2v) is 4.61. The van der Waals surface area contributed by atoms with Gasteiger partial charge in [0.1, 0.15) is 11.5 Å². The van der Waals surface area contributed by atoms with Crippen LogP contribution < -0.4 is 0 Å². The SMILES string of the molecule is CCc1cc(C)oc1-c1ccccc1SC. The maximum Gasteiger partial charge on any atom is 0.138 e. The normalized spacial score (nSPS) is 10.7. The first-order chi connectivity index (χ1) is 7.76. The van der Waals surface area contributed by atoms with Gasteiger partial charge < -0.3 is 4.42 Å². The molecule has 0 bridgehead atoms. The molecule has 0 spiro atoms. The van der Waals surface area contributed by atoms with Crippen LogP contribution >= 0.6 is 11.8 Å². The number of aryl methyl sites for hydroxylation is 2. The maximum atomic E-state index is 5.82. The van der Waals surface area contributed by atoms with Crippen molar-refractivity contribution in [2.45, 2.75) is 25.2 Å². The first-order valence-electron chi connectivity index (χ1n) is 5.49. The van der Waals surface area contributed by atoms with E-state index in [4.69, 9.17) is 4.42 Å². The summed E-state index contributed by atoms with van der Waals surface area (Å²) in [5.74, 6) is 2.02. The zero-order valence-corrected chi connectivity index (χ0v) is 10.7. The molecule has 0 saturated carbocycles. The van der Waals surface area contributed by atoms with Crippen molar-refractivity contribution in [2.75, 3.05) is 6.26 Å². The molecule has 0 saturated heterocycles. The molecule has 84 valence electrons. The van der Waals surface area contributed by atoms with Crippen LogP contribution in [-0.4, -0.2) is 6.26 Å². The number of thioether (sulfide) groups is 1. The predicted octanol–water partition coefficient (Wildman–Crippen LogP) is 4.54. The summed E-state index contributed by atoms with van der Waals surface area (Å²) in [6.07, 6.45) is 3.11. The highest BCUT2D eigenvalue weighted by molar-refractivity contribution is 7.98. The Hall–Kier alpha value is -1.15. The van der Waals surface area contributed by atoms with Gasteiger partial charge in [0.05, 0.1) is 0 Å². The van der Waals surface area contributed by atoms with Crippen molar-refractivity contribution < 1.29 is 4.42 Å².